The van der Waals surface area contributed by atoms with Crippen LogP contribution in [0, 0.1) is 6.92 Å². The summed E-state index contributed by atoms with van der Waals surface area (Å²) < 4.78 is 1.67. The highest BCUT2D eigenvalue weighted by molar-refractivity contribution is 5.79. The van der Waals surface area contributed by atoms with Crippen LogP contribution in [0.3, 0.4) is 0 Å². The summed E-state index contributed by atoms with van der Waals surface area (Å²) in [6, 6.07) is 5.80. The van der Waals surface area contributed by atoms with Crippen LogP contribution in [0.5, 0.6) is 0 Å². The minimum absolute atomic E-state index is 0.159. The first-order valence-electron chi connectivity index (χ1n) is 7.67. The molecule has 1 aromatic heterocycles. The van der Waals surface area contributed by atoms with Gasteiger partial charge in [0.2, 0.25) is 0 Å². The van der Waals surface area contributed by atoms with Crippen molar-refractivity contribution in [2.24, 2.45) is 0 Å². The maximum Gasteiger partial charge on any atom is 0.269 e. The maximum absolute atomic E-state index is 12.1. The lowest BCUT2D eigenvalue weighted by atomic mass is 9.82. The van der Waals surface area contributed by atoms with Gasteiger partial charge in [-0.15, -0.1) is 0 Å². The molecule has 0 unspecified atom stereocenters. The molecule has 1 fully saturated rings. The number of aliphatic hydroxyl groups is 1. The first-order chi connectivity index (χ1) is 10.5. The van der Waals surface area contributed by atoms with Crippen molar-refractivity contribution in [2.75, 3.05) is 0 Å². The Morgan fingerprint density at radius 2 is 2.00 bits per heavy atom. The minimum atomic E-state index is -0.841. The van der Waals surface area contributed by atoms with Gasteiger partial charge < -0.3 is 9.67 Å². The van der Waals surface area contributed by atoms with Gasteiger partial charge in [0, 0.05) is 19.4 Å². The zero-order valence-electron chi connectivity index (χ0n) is 12.7. The van der Waals surface area contributed by atoms with Gasteiger partial charge in [-0.1, -0.05) is 6.07 Å². The van der Waals surface area contributed by atoms with Crippen molar-refractivity contribution >= 4 is 16.8 Å². The Kier molecular flexibility index (Phi) is 3.83. The van der Waals surface area contributed by atoms with E-state index < -0.39 is 5.60 Å². The van der Waals surface area contributed by atoms with Crippen molar-refractivity contribution in [2.45, 2.75) is 51.2 Å². The second-order valence-corrected chi connectivity index (χ2v) is 6.25. The number of carbonyl (C=O) groups is 1. The van der Waals surface area contributed by atoms with Gasteiger partial charge in [-0.05, 0) is 43.9 Å². The summed E-state index contributed by atoms with van der Waals surface area (Å²) >= 11 is 0. The molecule has 1 heterocycles. The predicted molar refractivity (Wildman–Crippen MR) is 83.8 cm³/mol. The van der Waals surface area contributed by atoms with Crippen molar-refractivity contribution in [3.63, 3.8) is 0 Å². The molecule has 22 heavy (non-hydrogen) atoms. The van der Waals surface area contributed by atoms with E-state index in [1.165, 1.54) is 6.20 Å². The summed E-state index contributed by atoms with van der Waals surface area (Å²) in [4.78, 5) is 27.6. The molecule has 1 saturated carbocycles. The molecular formula is C17H20N2O3. The fourth-order valence-electron chi connectivity index (χ4n) is 3.07. The molecular weight excluding hydrogens is 280 g/mol. The Hall–Kier alpha value is -2.01. The highest BCUT2D eigenvalue weighted by Crippen LogP contribution is 2.29. The van der Waals surface area contributed by atoms with E-state index in [4.69, 9.17) is 0 Å². The normalized spacial score (nSPS) is 17.8. The van der Waals surface area contributed by atoms with Gasteiger partial charge in [0.05, 0.1) is 22.8 Å². The number of fused-ring (bicyclic) bond motifs is 1. The standard InChI is InChI=1S/C17H20N2O3/c1-12-2-3-14-15(10-12)19(16(21)11-18-14)9-8-17(22)6-4-13(20)5-7-17/h2-3,10-11,22H,4-9H2,1H3. The van der Waals surface area contributed by atoms with E-state index in [0.29, 0.717) is 38.6 Å². The lowest BCUT2D eigenvalue weighted by Crippen LogP contribution is -2.36. The minimum Gasteiger partial charge on any atom is -0.390 e. The van der Waals surface area contributed by atoms with Crippen LogP contribution in [0.1, 0.15) is 37.7 Å². The molecule has 1 N–H and O–H groups in total. The SMILES string of the molecule is Cc1ccc2ncc(=O)n(CCC3(O)CCC(=O)CC3)c2c1. The number of aryl methyl sites for hydroxylation is 2. The molecule has 0 radical (unpaired) electrons. The summed E-state index contributed by atoms with van der Waals surface area (Å²) in [5.41, 5.74) is 1.63. The molecule has 0 amide bonds. The molecule has 0 aliphatic heterocycles. The third-order valence-electron chi connectivity index (χ3n) is 4.54. The quantitative estimate of drug-likeness (QED) is 0.940. The first-order valence-corrected chi connectivity index (χ1v) is 7.67. The monoisotopic (exact) mass is 300 g/mol. The summed E-state index contributed by atoms with van der Waals surface area (Å²) in [7, 11) is 0. The van der Waals surface area contributed by atoms with Crippen LogP contribution in [0.4, 0.5) is 0 Å². The van der Waals surface area contributed by atoms with E-state index in [-0.39, 0.29) is 11.3 Å². The molecule has 0 atom stereocenters. The molecule has 5 heteroatoms. The second kappa shape index (κ2) is 5.65. The van der Waals surface area contributed by atoms with Crippen LogP contribution in [0.25, 0.3) is 11.0 Å². The topological polar surface area (TPSA) is 72.2 Å². The van der Waals surface area contributed by atoms with E-state index in [0.717, 1.165) is 16.6 Å². The Bertz CT molecular complexity index is 769. The van der Waals surface area contributed by atoms with E-state index >= 15 is 0 Å². The molecule has 5 nitrogen and oxygen atoms in total. The highest BCUT2D eigenvalue weighted by Gasteiger charge is 2.32. The van der Waals surface area contributed by atoms with Crippen LogP contribution in [0.2, 0.25) is 0 Å². The van der Waals surface area contributed by atoms with Gasteiger partial charge in [0.15, 0.2) is 0 Å². The fraction of sp³-hybridized carbons (Fsp3) is 0.471. The number of nitrogens with zero attached hydrogens (tertiary/aromatic N) is 2. The molecule has 1 aromatic carbocycles. The number of benzene rings is 1. The Morgan fingerprint density at radius 1 is 1.27 bits per heavy atom. The predicted octanol–water partition coefficient (Wildman–Crippen LogP) is 1.97. The number of ketones is 1. The highest BCUT2D eigenvalue weighted by atomic mass is 16.3. The lowest BCUT2D eigenvalue weighted by Gasteiger charge is -2.31. The molecule has 0 spiro atoms. The van der Waals surface area contributed by atoms with Crippen molar-refractivity contribution in [3.05, 3.63) is 40.3 Å². The van der Waals surface area contributed by atoms with Gasteiger partial charge in [0.25, 0.3) is 5.56 Å². The largest absolute Gasteiger partial charge is 0.390 e. The Labute approximate surface area is 128 Å². The fourth-order valence-corrected chi connectivity index (χ4v) is 3.07. The molecule has 2 aromatic rings. The zero-order chi connectivity index (χ0) is 15.7. The summed E-state index contributed by atoms with van der Waals surface area (Å²) in [5, 5.41) is 10.6. The van der Waals surface area contributed by atoms with Crippen LogP contribution in [0.15, 0.2) is 29.2 Å². The number of hydrogen-bond donors (Lipinski definition) is 1. The van der Waals surface area contributed by atoms with Gasteiger partial charge >= 0.3 is 0 Å². The van der Waals surface area contributed by atoms with E-state index in [1.54, 1.807) is 4.57 Å². The third kappa shape index (κ3) is 2.95. The summed E-state index contributed by atoms with van der Waals surface area (Å²) in [6.07, 6.45) is 3.65. The van der Waals surface area contributed by atoms with Gasteiger partial charge in [-0.2, -0.15) is 0 Å². The van der Waals surface area contributed by atoms with E-state index in [9.17, 15) is 14.7 Å². The number of Topliss-reactive ketones (excluding diaryl/α,β-unsaturated/α-hetero) is 1. The van der Waals surface area contributed by atoms with Crippen molar-refractivity contribution in [3.8, 4) is 0 Å². The molecule has 1 aliphatic rings. The van der Waals surface area contributed by atoms with Crippen molar-refractivity contribution in [1.82, 2.24) is 9.55 Å². The summed E-state index contributed by atoms with van der Waals surface area (Å²) in [6.45, 7) is 2.41. The lowest BCUT2D eigenvalue weighted by molar-refractivity contribution is -0.125. The average molecular weight is 300 g/mol. The van der Waals surface area contributed by atoms with E-state index in [2.05, 4.69) is 4.98 Å². The van der Waals surface area contributed by atoms with Crippen molar-refractivity contribution < 1.29 is 9.90 Å². The first kappa shape index (κ1) is 14.9. The van der Waals surface area contributed by atoms with Crippen LogP contribution in [-0.4, -0.2) is 26.0 Å². The average Bonchev–Trinajstić information content (AvgIpc) is 2.50. The molecule has 0 saturated heterocycles. The second-order valence-electron chi connectivity index (χ2n) is 6.25. The van der Waals surface area contributed by atoms with E-state index in [1.807, 2.05) is 25.1 Å². The van der Waals surface area contributed by atoms with Crippen LogP contribution in [-0.2, 0) is 11.3 Å². The van der Waals surface area contributed by atoms with Gasteiger partial charge in [0.1, 0.15) is 5.78 Å². The Morgan fingerprint density at radius 3 is 2.73 bits per heavy atom. The molecule has 3 rings (SSSR count). The number of hydrogen-bond acceptors (Lipinski definition) is 4. The molecule has 1 aliphatic carbocycles. The van der Waals surface area contributed by atoms with Gasteiger partial charge in [-0.3, -0.25) is 9.59 Å². The maximum atomic E-state index is 12.1. The van der Waals surface area contributed by atoms with Gasteiger partial charge in [-0.25, -0.2) is 4.98 Å². The third-order valence-corrected chi connectivity index (χ3v) is 4.54. The molecule has 0 bridgehead atoms. The molecule has 116 valence electrons. The van der Waals surface area contributed by atoms with Crippen LogP contribution >= 0.6 is 0 Å². The number of carbonyl (C=O) groups excluding carboxylic acids is 1. The van der Waals surface area contributed by atoms with Crippen molar-refractivity contribution in [1.29, 1.82) is 0 Å². The summed E-state index contributed by atoms with van der Waals surface area (Å²) in [5.74, 6) is 0.215. The number of aromatic nitrogens is 2. The van der Waals surface area contributed by atoms with Crippen LogP contribution < -0.4 is 5.56 Å². The smallest absolute Gasteiger partial charge is 0.269 e. The number of rotatable bonds is 3. The Balaban J connectivity index is 1.87. The zero-order valence-corrected chi connectivity index (χ0v) is 12.7.